The Kier molecular flexibility index (Phi) is 7.20. The van der Waals surface area contributed by atoms with E-state index in [9.17, 15) is 9.59 Å². The predicted octanol–water partition coefficient (Wildman–Crippen LogP) is 4.12. The minimum absolute atomic E-state index is 0.188. The van der Waals surface area contributed by atoms with E-state index >= 15 is 0 Å². The summed E-state index contributed by atoms with van der Waals surface area (Å²) in [7, 11) is 0. The van der Waals surface area contributed by atoms with E-state index in [2.05, 4.69) is 17.3 Å². The van der Waals surface area contributed by atoms with Crippen LogP contribution in [0.4, 0.5) is 5.82 Å². The third-order valence-corrected chi connectivity index (χ3v) is 4.96. The maximum Gasteiger partial charge on any atom is 0.340 e. The van der Waals surface area contributed by atoms with Crippen LogP contribution in [-0.4, -0.2) is 32.8 Å². The first kappa shape index (κ1) is 21.5. The Bertz CT molecular complexity index is 877. The van der Waals surface area contributed by atoms with Crippen molar-refractivity contribution in [1.29, 1.82) is 0 Å². The predicted molar refractivity (Wildman–Crippen MR) is 110 cm³/mol. The van der Waals surface area contributed by atoms with Crippen LogP contribution in [-0.2, 0) is 16.1 Å². The van der Waals surface area contributed by atoms with Gasteiger partial charge in [0.15, 0.2) is 0 Å². The zero-order chi connectivity index (χ0) is 20.8. The van der Waals surface area contributed by atoms with Gasteiger partial charge in [0.2, 0.25) is 5.91 Å². The van der Waals surface area contributed by atoms with Gasteiger partial charge in [-0.3, -0.25) is 4.79 Å². The van der Waals surface area contributed by atoms with Gasteiger partial charge >= 0.3 is 5.97 Å². The van der Waals surface area contributed by atoms with Gasteiger partial charge in [0.25, 0.3) is 0 Å². The number of amides is 1. The quantitative estimate of drug-likeness (QED) is 0.547. The van der Waals surface area contributed by atoms with Crippen molar-refractivity contribution in [3.63, 3.8) is 0 Å². The van der Waals surface area contributed by atoms with Gasteiger partial charge in [-0.25, -0.2) is 9.48 Å². The second-order valence-electron chi connectivity index (χ2n) is 6.67. The lowest BCUT2D eigenvalue weighted by atomic mass is 10.1. The van der Waals surface area contributed by atoms with E-state index in [1.165, 1.54) is 6.08 Å². The molecule has 0 aliphatic rings. The molecule has 0 fully saturated rings. The van der Waals surface area contributed by atoms with Crippen LogP contribution in [0.5, 0.6) is 0 Å². The maximum atomic E-state index is 12.5. The van der Waals surface area contributed by atoms with Gasteiger partial charge in [-0.15, -0.1) is 0 Å². The number of hydrogen-bond donors (Lipinski definition) is 1. The number of carbonyl (C=O) groups excluding carboxylic acids is 2. The fraction of sp³-hybridized carbons (Fsp3) is 0.476. The summed E-state index contributed by atoms with van der Waals surface area (Å²) in [5, 5.41) is 7.13. The van der Waals surface area contributed by atoms with Crippen LogP contribution in [0.15, 0.2) is 18.3 Å². The van der Waals surface area contributed by atoms with E-state index in [1.807, 2.05) is 32.3 Å². The molecule has 0 saturated carbocycles. The fourth-order valence-corrected chi connectivity index (χ4v) is 3.31. The highest BCUT2D eigenvalue weighted by Gasteiger charge is 2.22. The molecule has 1 N–H and O–H groups in total. The molecule has 0 aromatic carbocycles. The molecule has 1 unspecified atom stereocenters. The Labute approximate surface area is 166 Å². The van der Waals surface area contributed by atoms with E-state index in [0.717, 1.165) is 24.4 Å². The minimum atomic E-state index is -0.370. The summed E-state index contributed by atoms with van der Waals surface area (Å²) in [6.45, 7) is 12.8. The van der Waals surface area contributed by atoms with Gasteiger partial charge in [0.05, 0.1) is 24.4 Å². The molecular formula is C21H30N4O3. The molecule has 28 heavy (non-hydrogen) atoms. The molecule has 7 nitrogen and oxygen atoms in total. The summed E-state index contributed by atoms with van der Waals surface area (Å²) in [6, 6.07) is 1.96. The molecule has 2 heterocycles. The molecule has 152 valence electrons. The lowest BCUT2D eigenvalue weighted by molar-refractivity contribution is -0.111. The number of nitrogens with one attached hydrogen (secondary N) is 1. The second-order valence-corrected chi connectivity index (χ2v) is 6.67. The molecule has 2 aromatic rings. The topological polar surface area (TPSA) is 78.2 Å². The summed E-state index contributed by atoms with van der Waals surface area (Å²) in [5.41, 5.74) is 2.99. The number of esters is 1. The summed E-state index contributed by atoms with van der Waals surface area (Å²) < 4.78 is 9.04. The number of hydrogen-bond acceptors (Lipinski definition) is 4. The van der Waals surface area contributed by atoms with Crippen LogP contribution >= 0.6 is 0 Å². The molecular weight excluding hydrogens is 356 g/mol. The largest absolute Gasteiger partial charge is 0.462 e. The van der Waals surface area contributed by atoms with Gasteiger partial charge in [0, 0.05) is 35.6 Å². The van der Waals surface area contributed by atoms with Crippen molar-refractivity contribution < 1.29 is 14.3 Å². The molecule has 0 aliphatic heterocycles. The number of nitrogens with zero attached hydrogens (tertiary/aromatic N) is 3. The van der Waals surface area contributed by atoms with Crippen LogP contribution in [0.3, 0.4) is 0 Å². The molecule has 2 rings (SSSR count). The molecule has 1 atom stereocenters. The number of ether oxygens (including phenoxy) is 1. The Hall–Kier alpha value is -2.83. The Morgan fingerprint density at radius 2 is 1.96 bits per heavy atom. The number of carbonyl (C=O) groups is 2. The first-order valence-electron chi connectivity index (χ1n) is 9.74. The Morgan fingerprint density at radius 3 is 2.57 bits per heavy atom. The van der Waals surface area contributed by atoms with Crippen molar-refractivity contribution in [3.8, 4) is 0 Å². The Morgan fingerprint density at radius 1 is 1.25 bits per heavy atom. The first-order chi connectivity index (χ1) is 13.3. The van der Waals surface area contributed by atoms with Crippen LogP contribution in [0.1, 0.15) is 67.5 Å². The standard InChI is InChI=1S/C21H30N4O3/c1-7-14(4)25-18(12-13-22-25)23-19(26)11-10-17-15(5)24(8-2)16(6)20(17)21(27)28-9-3/h10-14H,7-9H2,1-6H3,(H,23,26)/b11-10+. The van der Waals surface area contributed by atoms with E-state index in [4.69, 9.17) is 4.74 Å². The molecule has 0 saturated heterocycles. The number of aromatic nitrogens is 3. The average molecular weight is 386 g/mol. The second kappa shape index (κ2) is 9.39. The molecule has 0 spiro atoms. The van der Waals surface area contributed by atoms with Crippen molar-refractivity contribution in [1.82, 2.24) is 14.3 Å². The van der Waals surface area contributed by atoms with Crippen molar-refractivity contribution in [2.24, 2.45) is 0 Å². The number of rotatable bonds is 8. The third-order valence-electron chi connectivity index (χ3n) is 4.96. The van der Waals surface area contributed by atoms with Gasteiger partial charge in [0.1, 0.15) is 5.82 Å². The van der Waals surface area contributed by atoms with Crippen LogP contribution in [0.25, 0.3) is 6.08 Å². The lowest BCUT2D eigenvalue weighted by Gasteiger charge is -2.13. The van der Waals surface area contributed by atoms with Gasteiger partial charge < -0.3 is 14.6 Å². The SMILES string of the molecule is CCOC(=O)c1c(/C=C/C(=O)Nc2ccnn2C(C)CC)c(C)n(CC)c1C. The normalized spacial score (nSPS) is 12.4. The van der Waals surface area contributed by atoms with Crippen LogP contribution < -0.4 is 5.32 Å². The third kappa shape index (κ3) is 4.35. The summed E-state index contributed by atoms with van der Waals surface area (Å²) >= 11 is 0. The van der Waals surface area contributed by atoms with E-state index in [0.29, 0.717) is 23.6 Å². The average Bonchev–Trinajstić information content (AvgIpc) is 3.21. The van der Waals surface area contributed by atoms with Crippen molar-refractivity contribution in [2.45, 2.75) is 60.5 Å². The monoisotopic (exact) mass is 386 g/mol. The fourth-order valence-electron chi connectivity index (χ4n) is 3.31. The van der Waals surface area contributed by atoms with Crippen LogP contribution in [0.2, 0.25) is 0 Å². The Balaban J connectivity index is 2.29. The highest BCUT2D eigenvalue weighted by atomic mass is 16.5. The zero-order valence-electron chi connectivity index (χ0n) is 17.6. The molecule has 0 aliphatic carbocycles. The van der Waals surface area contributed by atoms with Crippen LogP contribution in [0, 0.1) is 13.8 Å². The highest BCUT2D eigenvalue weighted by Crippen LogP contribution is 2.25. The van der Waals surface area contributed by atoms with E-state index in [-0.39, 0.29) is 17.9 Å². The zero-order valence-corrected chi connectivity index (χ0v) is 17.6. The minimum Gasteiger partial charge on any atom is -0.462 e. The number of anilines is 1. The molecule has 1 amide bonds. The summed E-state index contributed by atoms with van der Waals surface area (Å²) in [5.74, 6) is 0.0000145. The molecule has 0 bridgehead atoms. The maximum absolute atomic E-state index is 12.5. The first-order valence-corrected chi connectivity index (χ1v) is 9.74. The lowest BCUT2D eigenvalue weighted by Crippen LogP contribution is -2.15. The van der Waals surface area contributed by atoms with Gasteiger partial charge in [-0.05, 0) is 47.1 Å². The molecule has 0 radical (unpaired) electrons. The van der Waals surface area contributed by atoms with Gasteiger partial charge in [-0.1, -0.05) is 6.92 Å². The van der Waals surface area contributed by atoms with E-state index < -0.39 is 0 Å². The molecule has 2 aromatic heterocycles. The van der Waals surface area contributed by atoms with Crippen molar-refractivity contribution in [2.75, 3.05) is 11.9 Å². The smallest absolute Gasteiger partial charge is 0.340 e. The summed E-state index contributed by atoms with van der Waals surface area (Å²) in [4.78, 5) is 24.9. The summed E-state index contributed by atoms with van der Waals surface area (Å²) in [6.07, 6.45) is 5.70. The highest BCUT2D eigenvalue weighted by molar-refractivity contribution is 6.03. The van der Waals surface area contributed by atoms with Crippen molar-refractivity contribution >= 4 is 23.8 Å². The van der Waals surface area contributed by atoms with Gasteiger partial charge in [-0.2, -0.15) is 5.10 Å². The molecule has 7 heteroatoms. The van der Waals surface area contributed by atoms with E-state index in [1.54, 1.807) is 29.9 Å². The van der Waals surface area contributed by atoms with Crippen molar-refractivity contribution in [3.05, 3.63) is 40.9 Å².